The summed E-state index contributed by atoms with van der Waals surface area (Å²) < 4.78 is 20.7. The quantitative estimate of drug-likeness (QED) is 0.137. The smallest absolute Gasteiger partial charge is 0.261 e. The number of ether oxygens (including phenoxy) is 1. The molecule has 6 nitrogen and oxygen atoms in total. The lowest BCUT2D eigenvalue weighted by Crippen LogP contribution is -2.68. The number of aryl methyl sites for hydroxylation is 1. The maximum absolute atomic E-state index is 7.82. The summed E-state index contributed by atoms with van der Waals surface area (Å²) in [4.78, 5) is 9.49. The Balaban J connectivity index is 1.13. The second-order valence-electron chi connectivity index (χ2n) is 15.3. The van der Waals surface area contributed by atoms with Crippen LogP contribution in [0.15, 0.2) is 132 Å². The Labute approximate surface area is 302 Å². The van der Waals surface area contributed by atoms with Crippen molar-refractivity contribution in [1.82, 2.24) is 9.97 Å². The molecule has 4 unspecified atom stereocenters. The minimum absolute atomic E-state index is 0.0172. The molecule has 1 N–H and O–H groups in total. The molecule has 0 spiro atoms. The van der Waals surface area contributed by atoms with Gasteiger partial charge in [-0.25, -0.2) is 9.97 Å². The van der Waals surface area contributed by atoms with Gasteiger partial charge in [-0.05, 0) is 63.7 Å². The van der Waals surface area contributed by atoms with E-state index in [0.717, 1.165) is 48.2 Å². The molecule has 2 aromatic heterocycles. The molecule has 2 heterocycles. The molecule has 0 radical (unpaired) electrons. The minimum atomic E-state index is -2.80. The van der Waals surface area contributed by atoms with Crippen molar-refractivity contribution >= 4 is 35.6 Å². The summed E-state index contributed by atoms with van der Waals surface area (Å²) in [5, 5.41) is 6.16. The fourth-order valence-electron chi connectivity index (χ4n) is 8.61. The standard InChI is InChI=1S/C44H47N3O3Si/c1-44(2,3)51(35-18-9-5-10-19-35,36-20-11-6-12-21-36)50-40-26-33(25-34(40)28-48-27-31-15-7-4-8-16-31)38-29-49-42-41(38)45-30-46-43(42)47-39-24-23-32-17-13-14-22-37(32)39/h4-22,29-30,33-34,39-40H,23-28H2,1-3H3,(H,45,46,47). The van der Waals surface area contributed by atoms with E-state index in [2.05, 4.69) is 140 Å². The number of nitrogens with one attached hydrogen (secondary N) is 1. The number of anilines is 1. The number of furan rings is 1. The van der Waals surface area contributed by atoms with Crippen LogP contribution in [0.3, 0.4) is 0 Å². The largest absolute Gasteiger partial charge is 0.458 e. The molecule has 0 aliphatic heterocycles. The topological polar surface area (TPSA) is 69.4 Å². The van der Waals surface area contributed by atoms with E-state index in [9.17, 15) is 0 Å². The summed E-state index contributed by atoms with van der Waals surface area (Å²) in [7, 11) is -2.80. The van der Waals surface area contributed by atoms with Crippen molar-refractivity contribution < 1.29 is 13.6 Å². The van der Waals surface area contributed by atoms with Gasteiger partial charge in [0.25, 0.3) is 8.32 Å². The van der Waals surface area contributed by atoms with Crippen molar-refractivity contribution in [3.8, 4) is 0 Å². The molecule has 6 aromatic rings. The third kappa shape index (κ3) is 6.55. The van der Waals surface area contributed by atoms with E-state index >= 15 is 0 Å². The Morgan fingerprint density at radius 2 is 1.45 bits per heavy atom. The zero-order valence-electron chi connectivity index (χ0n) is 29.8. The van der Waals surface area contributed by atoms with Gasteiger partial charge in [0.05, 0.1) is 31.6 Å². The van der Waals surface area contributed by atoms with Gasteiger partial charge in [-0.15, -0.1) is 0 Å². The highest BCUT2D eigenvalue weighted by atomic mass is 28.4. The number of nitrogens with zero attached hydrogens (tertiary/aromatic N) is 2. The molecular weight excluding hydrogens is 647 g/mol. The van der Waals surface area contributed by atoms with E-state index in [4.69, 9.17) is 18.6 Å². The van der Waals surface area contributed by atoms with Crippen molar-refractivity contribution in [1.29, 1.82) is 0 Å². The van der Waals surface area contributed by atoms with Crippen molar-refractivity contribution in [3.63, 3.8) is 0 Å². The molecule has 0 amide bonds. The number of aromatic nitrogens is 2. The maximum atomic E-state index is 7.82. The van der Waals surface area contributed by atoms with E-state index in [0.29, 0.717) is 13.2 Å². The molecule has 8 rings (SSSR count). The molecule has 2 aliphatic carbocycles. The predicted molar refractivity (Wildman–Crippen MR) is 207 cm³/mol. The number of rotatable bonds is 11. The first-order valence-electron chi connectivity index (χ1n) is 18.4. The molecular formula is C44H47N3O3Si. The molecule has 0 bridgehead atoms. The highest BCUT2D eigenvalue weighted by Crippen LogP contribution is 2.47. The van der Waals surface area contributed by atoms with Gasteiger partial charge in [-0.3, -0.25) is 0 Å². The average Bonchev–Trinajstić information content (AvgIpc) is 3.89. The summed E-state index contributed by atoms with van der Waals surface area (Å²) in [6.07, 6.45) is 7.47. The van der Waals surface area contributed by atoms with Crippen molar-refractivity contribution in [2.75, 3.05) is 11.9 Å². The monoisotopic (exact) mass is 693 g/mol. The first kappa shape index (κ1) is 33.6. The lowest BCUT2D eigenvalue weighted by Gasteiger charge is -2.45. The van der Waals surface area contributed by atoms with Gasteiger partial charge in [0.1, 0.15) is 11.8 Å². The van der Waals surface area contributed by atoms with Crippen LogP contribution in [0.25, 0.3) is 11.1 Å². The SMILES string of the molecule is CC(C)(C)[Si](OC1CC(c2coc3c(NC4CCc5ccccc54)ncnc23)CC1COCc1ccccc1)(c1ccccc1)c1ccccc1. The number of hydrogen-bond donors (Lipinski definition) is 1. The molecule has 51 heavy (non-hydrogen) atoms. The number of fused-ring (bicyclic) bond motifs is 2. The van der Waals surface area contributed by atoms with Crippen LogP contribution in [0, 0.1) is 5.92 Å². The van der Waals surface area contributed by atoms with Gasteiger partial charge in [0.2, 0.25) is 0 Å². The minimum Gasteiger partial charge on any atom is -0.458 e. The van der Waals surface area contributed by atoms with Gasteiger partial charge in [-0.2, -0.15) is 0 Å². The molecule has 4 aromatic carbocycles. The van der Waals surface area contributed by atoms with Crippen LogP contribution in [0.2, 0.25) is 5.04 Å². The Bertz CT molecular complexity index is 2020. The van der Waals surface area contributed by atoms with E-state index in [1.54, 1.807) is 6.33 Å². The predicted octanol–water partition coefficient (Wildman–Crippen LogP) is 8.98. The third-order valence-electron chi connectivity index (χ3n) is 11.1. The molecule has 7 heteroatoms. The van der Waals surface area contributed by atoms with Crippen LogP contribution in [0.1, 0.15) is 74.2 Å². The Morgan fingerprint density at radius 3 is 2.16 bits per heavy atom. The van der Waals surface area contributed by atoms with E-state index in [-0.39, 0.29) is 29.0 Å². The Morgan fingerprint density at radius 1 is 0.784 bits per heavy atom. The summed E-state index contributed by atoms with van der Waals surface area (Å²) in [5.74, 6) is 1.16. The molecule has 0 saturated heterocycles. The summed E-state index contributed by atoms with van der Waals surface area (Å²) in [6, 6.07) is 41.2. The van der Waals surface area contributed by atoms with Gasteiger partial charge in [0, 0.05) is 11.5 Å². The van der Waals surface area contributed by atoms with Crippen molar-refractivity contribution in [3.05, 3.63) is 150 Å². The normalized spacial score (nSPS) is 20.5. The average molecular weight is 694 g/mol. The second kappa shape index (κ2) is 14.2. The van der Waals surface area contributed by atoms with Crippen LogP contribution in [0.5, 0.6) is 0 Å². The zero-order valence-corrected chi connectivity index (χ0v) is 30.8. The number of benzene rings is 4. The van der Waals surface area contributed by atoms with Crippen LogP contribution < -0.4 is 15.7 Å². The Hall–Kier alpha value is -4.56. The third-order valence-corrected chi connectivity index (χ3v) is 16.1. The fraction of sp³-hybridized carbons (Fsp3) is 0.318. The summed E-state index contributed by atoms with van der Waals surface area (Å²) in [6.45, 7) is 8.25. The van der Waals surface area contributed by atoms with Crippen LogP contribution >= 0.6 is 0 Å². The zero-order chi connectivity index (χ0) is 34.8. The van der Waals surface area contributed by atoms with E-state index in [1.807, 2.05) is 12.3 Å². The van der Waals surface area contributed by atoms with E-state index in [1.165, 1.54) is 27.1 Å². The van der Waals surface area contributed by atoms with Crippen molar-refractivity contribution in [2.24, 2.45) is 5.92 Å². The van der Waals surface area contributed by atoms with Crippen LogP contribution in [-0.2, 0) is 22.2 Å². The highest BCUT2D eigenvalue weighted by Gasteiger charge is 2.53. The lowest BCUT2D eigenvalue weighted by atomic mass is 9.98. The van der Waals surface area contributed by atoms with E-state index < -0.39 is 8.32 Å². The highest BCUT2D eigenvalue weighted by molar-refractivity contribution is 6.99. The number of hydrogen-bond acceptors (Lipinski definition) is 6. The molecule has 2 aliphatic rings. The van der Waals surface area contributed by atoms with Gasteiger partial charge in [-0.1, -0.05) is 136 Å². The maximum Gasteiger partial charge on any atom is 0.261 e. The van der Waals surface area contributed by atoms with Crippen LogP contribution in [0.4, 0.5) is 5.82 Å². The molecule has 1 saturated carbocycles. The van der Waals surface area contributed by atoms with Gasteiger partial charge >= 0.3 is 0 Å². The van der Waals surface area contributed by atoms with Gasteiger partial charge in [0.15, 0.2) is 11.4 Å². The first-order chi connectivity index (χ1) is 24.9. The molecule has 4 atom stereocenters. The summed E-state index contributed by atoms with van der Waals surface area (Å²) in [5.41, 5.74) is 6.67. The lowest BCUT2D eigenvalue weighted by molar-refractivity contribution is 0.0427. The second-order valence-corrected chi connectivity index (χ2v) is 19.5. The Kier molecular flexibility index (Phi) is 9.36. The van der Waals surface area contributed by atoms with Gasteiger partial charge < -0.3 is 18.9 Å². The molecule has 1 fully saturated rings. The first-order valence-corrected chi connectivity index (χ1v) is 20.3. The fourth-order valence-corrected chi connectivity index (χ4v) is 13.4. The van der Waals surface area contributed by atoms with Crippen molar-refractivity contribution in [2.45, 2.75) is 76.2 Å². The van der Waals surface area contributed by atoms with Crippen LogP contribution in [-0.4, -0.2) is 31.0 Å². The summed E-state index contributed by atoms with van der Waals surface area (Å²) >= 11 is 0. The molecule has 260 valence electrons.